The van der Waals surface area contributed by atoms with E-state index in [-0.39, 0.29) is 5.82 Å². The minimum absolute atomic E-state index is 0.161. The monoisotopic (exact) mass is 353 g/mol. The number of fused-ring (bicyclic) bond motifs is 1. The second kappa shape index (κ2) is 7.13. The molecule has 1 saturated heterocycles. The van der Waals surface area contributed by atoms with E-state index in [1.807, 2.05) is 12.1 Å². The number of nitrogens with zero attached hydrogens (tertiary/aromatic N) is 1. The summed E-state index contributed by atoms with van der Waals surface area (Å²) in [5.41, 5.74) is 4.04. The Kier molecular flexibility index (Phi) is 4.85. The van der Waals surface area contributed by atoms with Crippen LogP contribution in [0.4, 0.5) is 4.39 Å². The zero-order valence-electron chi connectivity index (χ0n) is 15.9. The van der Waals surface area contributed by atoms with Crippen LogP contribution in [0.25, 0.3) is 0 Å². The van der Waals surface area contributed by atoms with Gasteiger partial charge in [-0.05, 0) is 48.1 Å². The third kappa shape index (κ3) is 3.43. The molecule has 2 aromatic carbocycles. The molecule has 3 heteroatoms. The minimum Gasteiger partial charge on any atom is -0.325 e. The number of benzene rings is 2. The number of piperidine rings is 1. The van der Waals surface area contributed by atoms with E-state index in [1.54, 1.807) is 12.1 Å². The Bertz CT molecular complexity index is 753. The molecule has 1 fully saturated rings. The van der Waals surface area contributed by atoms with E-state index in [0.29, 0.717) is 18.0 Å². The van der Waals surface area contributed by atoms with Crippen molar-refractivity contribution in [3.05, 3.63) is 71.0 Å². The molecule has 138 valence electrons. The number of likely N-dealkylation sites (tertiary alicyclic amines) is 1. The molecular formula is C23H30FN2+. The van der Waals surface area contributed by atoms with Gasteiger partial charge in [0, 0.05) is 24.9 Å². The highest BCUT2D eigenvalue weighted by Crippen LogP contribution is 2.38. The maximum atomic E-state index is 13.4. The molecule has 2 aromatic rings. The van der Waals surface area contributed by atoms with Gasteiger partial charge in [0.05, 0.1) is 20.6 Å². The maximum Gasteiger partial charge on any atom is 0.123 e. The third-order valence-electron chi connectivity index (χ3n) is 6.59. The summed E-state index contributed by atoms with van der Waals surface area (Å²) in [6, 6.07) is 16.9. The second-order valence-electron chi connectivity index (χ2n) is 8.60. The van der Waals surface area contributed by atoms with E-state index >= 15 is 0 Å². The van der Waals surface area contributed by atoms with E-state index in [9.17, 15) is 4.39 Å². The number of hydrogen-bond donors (Lipinski definition) is 1. The molecule has 1 aliphatic carbocycles. The van der Waals surface area contributed by atoms with Crippen molar-refractivity contribution in [3.8, 4) is 0 Å². The molecule has 1 heterocycles. The Balaban J connectivity index is 1.55. The molecule has 0 amide bonds. The summed E-state index contributed by atoms with van der Waals surface area (Å²) < 4.78 is 14.5. The number of rotatable bonds is 4. The zero-order chi connectivity index (χ0) is 18.1. The molecule has 0 saturated carbocycles. The van der Waals surface area contributed by atoms with Crippen LogP contribution in [-0.4, -0.2) is 43.8 Å². The van der Waals surface area contributed by atoms with Gasteiger partial charge in [-0.25, -0.2) is 4.39 Å². The highest BCUT2D eigenvalue weighted by atomic mass is 19.1. The molecule has 26 heavy (non-hydrogen) atoms. The molecule has 0 aromatic heterocycles. The van der Waals surface area contributed by atoms with Crippen molar-refractivity contribution in [1.29, 1.82) is 0 Å². The molecule has 0 radical (unpaired) electrons. The molecule has 2 nitrogen and oxygen atoms in total. The Labute approximate surface area is 156 Å². The van der Waals surface area contributed by atoms with E-state index in [2.05, 4.69) is 43.7 Å². The van der Waals surface area contributed by atoms with Crippen molar-refractivity contribution < 1.29 is 8.87 Å². The standard InChI is InChI=1S/C23H30FN2/c1-26(2)14-6-5-8-20(26)16-25-22-15-18-7-3-4-9-21(18)23(22)17-10-12-19(24)13-11-17/h3-4,7,9-13,20,22-23,25H,5-6,8,14-16H2,1-2H3/q+1. The smallest absolute Gasteiger partial charge is 0.123 e. The first kappa shape index (κ1) is 17.7. The fourth-order valence-corrected chi connectivity index (χ4v) is 4.93. The van der Waals surface area contributed by atoms with Crippen LogP contribution < -0.4 is 5.32 Å². The van der Waals surface area contributed by atoms with Crippen LogP contribution in [-0.2, 0) is 6.42 Å². The second-order valence-corrected chi connectivity index (χ2v) is 8.60. The van der Waals surface area contributed by atoms with E-state index in [4.69, 9.17) is 0 Å². The van der Waals surface area contributed by atoms with Gasteiger partial charge in [-0.2, -0.15) is 0 Å². The van der Waals surface area contributed by atoms with Gasteiger partial charge < -0.3 is 9.80 Å². The summed E-state index contributed by atoms with van der Waals surface area (Å²) in [6.45, 7) is 2.34. The largest absolute Gasteiger partial charge is 0.325 e. The molecule has 4 rings (SSSR count). The Morgan fingerprint density at radius 3 is 2.58 bits per heavy atom. The van der Waals surface area contributed by atoms with Crippen LogP contribution in [0, 0.1) is 5.82 Å². The number of nitrogens with one attached hydrogen (secondary N) is 1. The third-order valence-corrected chi connectivity index (χ3v) is 6.59. The molecular weight excluding hydrogens is 323 g/mol. The van der Waals surface area contributed by atoms with Gasteiger partial charge >= 0.3 is 0 Å². The van der Waals surface area contributed by atoms with Crippen LogP contribution in [0.15, 0.2) is 48.5 Å². The average Bonchev–Trinajstić information content (AvgIpc) is 2.99. The fraction of sp³-hybridized carbons (Fsp3) is 0.478. The SMILES string of the molecule is C[N+]1(C)CCCCC1CNC1Cc2ccccc2C1c1ccc(F)cc1. The van der Waals surface area contributed by atoms with Crippen LogP contribution in [0.3, 0.4) is 0 Å². The van der Waals surface area contributed by atoms with Crippen molar-refractivity contribution in [3.63, 3.8) is 0 Å². The molecule has 2 aliphatic rings. The van der Waals surface area contributed by atoms with Crippen LogP contribution in [0.5, 0.6) is 0 Å². The number of quaternary nitrogens is 1. The first-order valence-electron chi connectivity index (χ1n) is 9.94. The molecule has 1 aliphatic heterocycles. The normalized spacial score (nSPS) is 27.3. The number of halogens is 1. The van der Waals surface area contributed by atoms with E-state index < -0.39 is 0 Å². The Hall–Kier alpha value is -1.71. The summed E-state index contributed by atoms with van der Waals surface area (Å²) in [7, 11) is 4.73. The van der Waals surface area contributed by atoms with Gasteiger partial charge in [-0.1, -0.05) is 36.4 Å². The molecule has 3 atom stereocenters. The molecule has 0 spiro atoms. The number of hydrogen-bond acceptors (Lipinski definition) is 1. The van der Waals surface area contributed by atoms with E-state index in [0.717, 1.165) is 17.4 Å². The van der Waals surface area contributed by atoms with E-state index in [1.165, 1.54) is 42.5 Å². The fourth-order valence-electron chi connectivity index (χ4n) is 4.93. The lowest BCUT2D eigenvalue weighted by Crippen LogP contribution is -2.57. The average molecular weight is 354 g/mol. The summed E-state index contributed by atoms with van der Waals surface area (Å²) >= 11 is 0. The van der Waals surface area contributed by atoms with Crippen LogP contribution in [0.2, 0.25) is 0 Å². The minimum atomic E-state index is -0.161. The first-order chi connectivity index (χ1) is 12.5. The molecule has 0 bridgehead atoms. The van der Waals surface area contributed by atoms with Crippen molar-refractivity contribution in [1.82, 2.24) is 5.32 Å². The quantitative estimate of drug-likeness (QED) is 0.816. The van der Waals surface area contributed by atoms with Crippen LogP contribution >= 0.6 is 0 Å². The lowest BCUT2D eigenvalue weighted by Gasteiger charge is -2.42. The van der Waals surface area contributed by atoms with Gasteiger partial charge in [0.25, 0.3) is 0 Å². The topological polar surface area (TPSA) is 12.0 Å². The maximum absolute atomic E-state index is 13.4. The van der Waals surface area contributed by atoms with Crippen molar-refractivity contribution >= 4 is 0 Å². The number of likely N-dealkylation sites (N-methyl/N-ethyl adjacent to an activating group) is 1. The Morgan fingerprint density at radius 2 is 1.81 bits per heavy atom. The molecule has 3 unspecified atom stereocenters. The van der Waals surface area contributed by atoms with Crippen molar-refractivity contribution in [2.75, 3.05) is 27.2 Å². The van der Waals surface area contributed by atoms with Crippen molar-refractivity contribution in [2.24, 2.45) is 0 Å². The van der Waals surface area contributed by atoms with Gasteiger partial charge in [0.1, 0.15) is 11.9 Å². The predicted molar refractivity (Wildman–Crippen MR) is 105 cm³/mol. The van der Waals surface area contributed by atoms with Gasteiger partial charge in [0.15, 0.2) is 0 Å². The summed E-state index contributed by atoms with van der Waals surface area (Å²) in [5.74, 6) is 0.150. The predicted octanol–water partition coefficient (Wildman–Crippen LogP) is 4.10. The summed E-state index contributed by atoms with van der Waals surface area (Å²) in [6.07, 6.45) is 5.05. The van der Waals surface area contributed by atoms with Gasteiger partial charge in [0.2, 0.25) is 0 Å². The Morgan fingerprint density at radius 1 is 1.04 bits per heavy atom. The van der Waals surface area contributed by atoms with Crippen LogP contribution in [0.1, 0.15) is 41.9 Å². The highest BCUT2D eigenvalue weighted by molar-refractivity contribution is 5.44. The molecule has 1 N–H and O–H groups in total. The first-order valence-corrected chi connectivity index (χ1v) is 9.94. The van der Waals surface area contributed by atoms with Crippen molar-refractivity contribution in [2.45, 2.75) is 43.7 Å². The highest BCUT2D eigenvalue weighted by Gasteiger charge is 2.36. The van der Waals surface area contributed by atoms with Gasteiger partial charge in [-0.15, -0.1) is 0 Å². The van der Waals surface area contributed by atoms with Gasteiger partial charge in [-0.3, -0.25) is 0 Å². The lowest BCUT2D eigenvalue weighted by atomic mass is 9.89. The summed E-state index contributed by atoms with van der Waals surface area (Å²) in [5, 5.41) is 3.91. The lowest BCUT2D eigenvalue weighted by molar-refractivity contribution is -0.918. The summed E-state index contributed by atoms with van der Waals surface area (Å²) in [4.78, 5) is 0. The zero-order valence-corrected chi connectivity index (χ0v) is 15.9.